The van der Waals surface area contributed by atoms with E-state index in [4.69, 9.17) is 20.9 Å². The molecule has 0 spiro atoms. The molecule has 3 heteroatoms. The topological polar surface area (TPSA) is 16.4 Å². The van der Waals surface area contributed by atoms with Crippen LogP contribution < -0.4 is 4.90 Å². The second-order valence-electron chi connectivity index (χ2n) is 9.71. The van der Waals surface area contributed by atoms with E-state index in [9.17, 15) is 5.48 Å². The Kier molecular flexibility index (Phi) is 2.96. The number of anilines is 3. The normalized spacial score (nSPS) is 16.9. The molecule has 2 nitrogen and oxygen atoms in total. The third-order valence-electron chi connectivity index (χ3n) is 7.34. The Bertz CT molecular complexity index is 3320. The Hall–Kier alpha value is -5.38. The summed E-state index contributed by atoms with van der Waals surface area (Å²) in [6.45, 7) is 0. The first kappa shape index (κ1) is 13.3. The molecule has 202 valence electrons. The van der Waals surface area contributed by atoms with Crippen LogP contribution in [0.2, 0.25) is 0 Å². The van der Waals surface area contributed by atoms with Gasteiger partial charge in [0, 0.05) is 42.3 Å². The fourth-order valence-electron chi connectivity index (χ4n) is 5.48. The van der Waals surface area contributed by atoms with Crippen molar-refractivity contribution in [3.05, 3.63) is 151 Å². The number of para-hydroxylation sites is 1. The van der Waals surface area contributed by atoms with E-state index in [-0.39, 0.29) is 31.4 Å². The predicted molar refractivity (Wildman–Crippen MR) is 184 cm³/mol. The lowest BCUT2D eigenvalue weighted by molar-refractivity contribution is 0.672. The van der Waals surface area contributed by atoms with Crippen molar-refractivity contribution in [2.24, 2.45) is 0 Å². The van der Waals surface area contributed by atoms with Crippen LogP contribution in [0.5, 0.6) is 0 Å². The van der Waals surface area contributed by atoms with Crippen molar-refractivity contribution in [2.75, 3.05) is 4.90 Å². The molecule has 0 amide bonds. The van der Waals surface area contributed by atoms with E-state index in [1.165, 1.54) is 0 Å². The monoisotopic (exact) mass is 583 g/mol. The average Bonchev–Trinajstić information content (AvgIpc) is 3.83. The van der Waals surface area contributed by atoms with Crippen molar-refractivity contribution in [3.63, 3.8) is 0 Å². The van der Waals surface area contributed by atoms with Gasteiger partial charge in [-0.05, 0) is 64.9 Å². The van der Waals surface area contributed by atoms with Gasteiger partial charge in [-0.1, -0.05) is 103 Å². The number of hydrogen-bond donors (Lipinski definition) is 0. The summed E-state index contributed by atoms with van der Waals surface area (Å²) in [5, 5.41) is 2.37. The zero-order chi connectivity index (χ0) is 42.3. The second kappa shape index (κ2) is 9.59. The van der Waals surface area contributed by atoms with Crippen molar-refractivity contribution >= 4 is 81.3 Å². The molecule has 0 fully saturated rings. The molecule has 7 aromatic carbocycles. The van der Waals surface area contributed by atoms with Gasteiger partial charge in [0.25, 0.3) is 0 Å². The van der Waals surface area contributed by atoms with Crippen molar-refractivity contribution in [1.82, 2.24) is 0 Å². The van der Waals surface area contributed by atoms with E-state index < -0.39 is 114 Å². The Morgan fingerprint density at radius 2 is 1.37 bits per heavy atom. The van der Waals surface area contributed by atoms with Gasteiger partial charge in [0.1, 0.15) is 11.2 Å². The smallest absolute Gasteiger partial charge is 0.143 e. The predicted octanol–water partition coefficient (Wildman–Crippen LogP) is 12.2. The molecule has 9 rings (SSSR count). The maximum Gasteiger partial charge on any atom is 0.143 e. The molecule has 0 atom stereocenters. The van der Waals surface area contributed by atoms with Crippen molar-refractivity contribution in [3.8, 4) is 11.1 Å². The fourth-order valence-corrected chi connectivity index (χ4v) is 6.55. The molecule has 9 aromatic rings. The van der Waals surface area contributed by atoms with Gasteiger partial charge in [-0.25, -0.2) is 0 Å². The molecule has 2 heterocycles. The van der Waals surface area contributed by atoms with Gasteiger partial charge in [-0.3, -0.25) is 0 Å². The van der Waals surface area contributed by atoms with Crippen LogP contribution >= 0.6 is 11.3 Å². The summed E-state index contributed by atoms with van der Waals surface area (Å²) in [5.74, 6) is 0. The number of furan rings is 1. The molecule has 0 saturated carbocycles. The van der Waals surface area contributed by atoms with Gasteiger partial charge in [0.2, 0.25) is 0 Å². The summed E-state index contributed by atoms with van der Waals surface area (Å²) in [6.07, 6.45) is 0. The van der Waals surface area contributed by atoms with Crippen LogP contribution in [0.15, 0.2) is 156 Å². The molecule has 0 saturated heterocycles. The van der Waals surface area contributed by atoms with Crippen LogP contribution in [-0.4, -0.2) is 0 Å². The number of nitrogens with zero attached hydrogens (tertiary/aromatic N) is 1. The van der Waals surface area contributed by atoms with Crippen LogP contribution in [0.3, 0.4) is 0 Å². The summed E-state index contributed by atoms with van der Waals surface area (Å²) in [7, 11) is 0. The largest absolute Gasteiger partial charge is 0.455 e. The van der Waals surface area contributed by atoms with Crippen LogP contribution in [0.4, 0.5) is 17.1 Å². The van der Waals surface area contributed by atoms with Gasteiger partial charge in [-0.15, -0.1) is 11.3 Å². The Balaban J connectivity index is 1.42. The number of benzene rings is 7. The third kappa shape index (κ3) is 3.79. The first-order valence-corrected chi connectivity index (χ1v) is 14.0. The molecule has 2 aromatic heterocycles. The van der Waals surface area contributed by atoms with Gasteiger partial charge < -0.3 is 9.32 Å². The second-order valence-corrected chi connectivity index (χ2v) is 10.7. The van der Waals surface area contributed by atoms with Gasteiger partial charge in [0.15, 0.2) is 0 Å². The molecule has 0 radical (unpaired) electrons. The third-order valence-corrected chi connectivity index (χ3v) is 8.46. The van der Waals surface area contributed by atoms with E-state index >= 15 is 0 Å². The van der Waals surface area contributed by atoms with E-state index in [2.05, 4.69) is 0 Å². The quantitative estimate of drug-likeness (QED) is 0.205. The minimum absolute atomic E-state index is 0.0122. The Morgan fingerprint density at radius 3 is 2.28 bits per heavy atom. The maximum absolute atomic E-state index is 9.53. The lowest BCUT2D eigenvalue weighted by Crippen LogP contribution is -2.10. The highest BCUT2D eigenvalue weighted by Gasteiger charge is 2.20. The van der Waals surface area contributed by atoms with Crippen LogP contribution in [0, 0.1) is 0 Å². The average molecular weight is 584 g/mol. The van der Waals surface area contributed by atoms with E-state index in [1.807, 2.05) is 30.3 Å². The van der Waals surface area contributed by atoms with E-state index in [0.29, 0.717) is 21.9 Å². The Morgan fingerprint density at radius 1 is 0.581 bits per heavy atom. The summed E-state index contributed by atoms with van der Waals surface area (Å²) in [6, 6.07) is 5.58. The van der Waals surface area contributed by atoms with Gasteiger partial charge >= 0.3 is 0 Å². The summed E-state index contributed by atoms with van der Waals surface area (Å²) < 4.78 is 148. The maximum atomic E-state index is 9.53. The van der Waals surface area contributed by atoms with Crippen LogP contribution in [0.25, 0.3) is 64.0 Å². The molecule has 43 heavy (non-hydrogen) atoms. The fraction of sp³-hybridized carbons (Fsp3) is 0. The first-order valence-electron chi connectivity index (χ1n) is 21.2. The highest BCUT2D eigenvalue weighted by molar-refractivity contribution is 7.26. The van der Waals surface area contributed by atoms with Gasteiger partial charge in [-0.2, -0.15) is 0 Å². The summed E-state index contributed by atoms with van der Waals surface area (Å²) in [4.78, 5) is 1.10. The summed E-state index contributed by atoms with van der Waals surface area (Å²) in [5.41, 5.74) is -0.853. The molecule has 0 N–H and O–H groups in total. The minimum atomic E-state index is -0.748. The molecular weight excluding hydrogens is 543 g/mol. The molecule has 0 aliphatic carbocycles. The number of fused-ring (bicyclic) bond motifs is 8. The minimum Gasteiger partial charge on any atom is -0.455 e. The SMILES string of the molecule is [2H]c1c([2H])c([2H])c(N(c2c([2H])c([2H])c(-c3c([2H])c([2H])c([2H])c4c3sc3c([2H])c([2H])c([2H])c([2H])c34)c([2H])c2[2H])c2cccc3oc4c5ccccc5ccc4c23)c([2H])c1[2H]. The highest BCUT2D eigenvalue weighted by atomic mass is 32.1. The number of thiophene rings is 1. The van der Waals surface area contributed by atoms with Gasteiger partial charge in [0.05, 0.1) is 33.0 Å². The summed E-state index contributed by atoms with van der Waals surface area (Å²) >= 11 is 0.777. The molecule has 0 bridgehead atoms. The van der Waals surface area contributed by atoms with Crippen molar-refractivity contribution in [2.45, 2.75) is 0 Å². The highest BCUT2D eigenvalue weighted by Crippen LogP contribution is 2.45. The van der Waals surface area contributed by atoms with Crippen LogP contribution in [-0.2, 0) is 0 Å². The molecular formula is C40H25NOS. The van der Waals surface area contributed by atoms with E-state index in [0.717, 1.165) is 27.0 Å². The number of hydrogen-bond acceptors (Lipinski definition) is 3. The molecule has 0 aliphatic rings. The van der Waals surface area contributed by atoms with Crippen LogP contribution in [0.1, 0.15) is 21.9 Å². The number of rotatable bonds is 4. The lowest BCUT2D eigenvalue weighted by Gasteiger charge is -2.26. The van der Waals surface area contributed by atoms with Crippen molar-refractivity contribution in [1.29, 1.82) is 0 Å². The molecule has 0 aliphatic heterocycles. The lowest BCUT2D eigenvalue weighted by atomic mass is 10.0. The van der Waals surface area contributed by atoms with Crippen molar-refractivity contribution < 1.29 is 26.3 Å². The zero-order valence-electron chi connectivity index (χ0n) is 38.0. The zero-order valence-corrected chi connectivity index (χ0v) is 22.8. The first-order chi connectivity index (χ1) is 28.0. The standard InChI is InChI=1S/C40H25NOS/c1-2-11-28(12-3-1)41(35-17-9-18-36-38(35)34-25-22-26-10-4-5-13-30(26)39(34)42-36)29-23-20-27(21-24-29)31-15-8-16-33-32-14-6-7-19-37(32)43-40(31)33/h1-25H/i1D,2D,3D,6D,7D,8D,11D,12D,14D,15D,16D,19D,20D,21D,23D,24D. The Labute approximate surface area is 275 Å². The van der Waals surface area contributed by atoms with E-state index in [1.54, 1.807) is 24.3 Å². The molecule has 0 unspecified atom stereocenters.